The lowest BCUT2D eigenvalue weighted by Gasteiger charge is -2.25. The Morgan fingerprint density at radius 1 is 1.15 bits per heavy atom. The Morgan fingerprint density at radius 3 is 2.55 bits per heavy atom. The zero-order valence-electron chi connectivity index (χ0n) is 11.3. The largest absolute Gasteiger partial charge is 0.385 e. The van der Waals surface area contributed by atoms with Crippen molar-refractivity contribution < 1.29 is 5.11 Å². The van der Waals surface area contributed by atoms with E-state index in [0.29, 0.717) is 22.9 Å². The van der Waals surface area contributed by atoms with Crippen molar-refractivity contribution >= 4 is 23.2 Å². The average molecular weight is 307 g/mol. The molecule has 0 fully saturated rings. The van der Waals surface area contributed by atoms with E-state index in [0.717, 1.165) is 23.1 Å². The minimum absolute atomic E-state index is 0.460. The second kappa shape index (κ2) is 5.07. The van der Waals surface area contributed by atoms with Gasteiger partial charge in [0.1, 0.15) is 0 Å². The topological polar surface area (TPSA) is 20.2 Å². The summed E-state index contributed by atoms with van der Waals surface area (Å²) in [5.74, 6) is 0. The highest BCUT2D eigenvalue weighted by molar-refractivity contribution is 6.36. The van der Waals surface area contributed by atoms with Crippen LogP contribution in [0.4, 0.5) is 0 Å². The first-order valence-electron chi connectivity index (χ1n) is 6.75. The Hall–Kier alpha value is -1.02. The third-order valence-electron chi connectivity index (χ3n) is 4.11. The van der Waals surface area contributed by atoms with Crippen LogP contribution in [-0.4, -0.2) is 5.11 Å². The predicted octanol–water partition coefficient (Wildman–Crippen LogP) is 4.68. The normalized spacial score (nSPS) is 21.0. The molecule has 0 radical (unpaired) electrons. The number of aryl methyl sites for hydroxylation is 2. The maximum atomic E-state index is 11.1. The van der Waals surface area contributed by atoms with E-state index >= 15 is 0 Å². The van der Waals surface area contributed by atoms with Gasteiger partial charge >= 0.3 is 0 Å². The van der Waals surface area contributed by atoms with Crippen molar-refractivity contribution in [1.29, 1.82) is 0 Å². The van der Waals surface area contributed by atoms with Gasteiger partial charge in [0.15, 0.2) is 0 Å². The van der Waals surface area contributed by atoms with Crippen molar-refractivity contribution in [2.75, 3.05) is 0 Å². The summed E-state index contributed by atoms with van der Waals surface area (Å²) in [6.45, 7) is 2.04. The number of rotatable bonds is 2. The molecule has 1 nitrogen and oxygen atoms in total. The van der Waals surface area contributed by atoms with Gasteiger partial charge in [0.05, 0.1) is 5.60 Å². The van der Waals surface area contributed by atoms with E-state index in [9.17, 15) is 5.11 Å². The summed E-state index contributed by atoms with van der Waals surface area (Å²) in [4.78, 5) is 0. The standard InChI is InChI=1S/C17H16Cl2O/c1-11-5-6-12-7-8-17(20,14(12)9-11)10-13-15(18)3-2-4-16(13)19/h2-6,9,20H,7-8,10H2,1H3. The highest BCUT2D eigenvalue weighted by Gasteiger charge is 2.37. The van der Waals surface area contributed by atoms with Crippen LogP contribution < -0.4 is 0 Å². The Balaban J connectivity index is 2.02. The van der Waals surface area contributed by atoms with Crippen LogP contribution in [0.3, 0.4) is 0 Å². The van der Waals surface area contributed by atoms with Crippen LogP contribution in [0.2, 0.25) is 10.0 Å². The minimum atomic E-state index is -0.865. The quantitative estimate of drug-likeness (QED) is 0.854. The molecule has 0 heterocycles. The smallest absolute Gasteiger partial charge is 0.0943 e. The molecule has 1 aliphatic carbocycles. The summed E-state index contributed by atoms with van der Waals surface area (Å²) in [6.07, 6.45) is 2.07. The van der Waals surface area contributed by atoms with Crippen molar-refractivity contribution in [2.45, 2.75) is 31.8 Å². The summed E-state index contributed by atoms with van der Waals surface area (Å²) < 4.78 is 0. The lowest BCUT2D eigenvalue weighted by atomic mass is 9.88. The summed E-state index contributed by atoms with van der Waals surface area (Å²) in [5.41, 5.74) is 3.37. The van der Waals surface area contributed by atoms with Crippen LogP contribution in [0.5, 0.6) is 0 Å². The van der Waals surface area contributed by atoms with Gasteiger partial charge in [-0.15, -0.1) is 0 Å². The Bertz CT molecular complexity index is 646. The van der Waals surface area contributed by atoms with Crippen molar-refractivity contribution in [3.63, 3.8) is 0 Å². The molecule has 0 aliphatic heterocycles. The zero-order valence-corrected chi connectivity index (χ0v) is 12.8. The molecule has 104 valence electrons. The molecule has 1 atom stereocenters. The van der Waals surface area contributed by atoms with Crippen LogP contribution in [0.15, 0.2) is 36.4 Å². The fourth-order valence-electron chi connectivity index (χ4n) is 2.99. The van der Waals surface area contributed by atoms with Gasteiger partial charge in [-0.1, -0.05) is 53.0 Å². The number of benzene rings is 2. The van der Waals surface area contributed by atoms with Gasteiger partial charge in [-0.3, -0.25) is 0 Å². The monoisotopic (exact) mass is 306 g/mol. The van der Waals surface area contributed by atoms with Crippen LogP contribution in [0, 0.1) is 6.92 Å². The molecule has 0 amide bonds. The third kappa shape index (κ3) is 2.35. The van der Waals surface area contributed by atoms with Crippen molar-refractivity contribution in [2.24, 2.45) is 0 Å². The Labute approximate surface area is 129 Å². The van der Waals surface area contributed by atoms with Crippen LogP contribution in [0.25, 0.3) is 0 Å². The van der Waals surface area contributed by atoms with E-state index in [1.807, 2.05) is 25.1 Å². The fraction of sp³-hybridized carbons (Fsp3) is 0.294. The molecule has 1 unspecified atom stereocenters. The summed E-state index contributed by atoms with van der Waals surface area (Å²) in [7, 11) is 0. The van der Waals surface area contributed by atoms with Crippen molar-refractivity contribution in [1.82, 2.24) is 0 Å². The molecule has 0 spiro atoms. The SMILES string of the molecule is Cc1ccc2c(c1)C(O)(Cc1c(Cl)cccc1Cl)CC2. The maximum absolute atomic E-state index is 11.1. The maximum Gasteiger partial charge on any atom is 0.0943 e. The van der Waals surface area contributed by atoms with Gasteiger partial charge in [-0.05, 0) is 48.6 Å². The molecule has 2 aromatic carbocycles. The predicted molar refractivity (Wildman–Crippen MR) is 83.6 cm³/mol. The molecule has 3 rings (SSSR count). The van der Waals surface area contributed by atoms with Gasteiger partial charge < -0.3 is 5.11 Å². The van der Waals surface area contributed by atoms with Crippen molar-refractivity contribution in [3.05, 3.63) is 68.7 Å². The number of fused-ring (bicyclic) bond motifs is 1. The van der Waals surface area contributed by atoms with Gasteiger partial charge in [-0.25, -0.2) is 0 Å². The lowest BCUT2D eigenvalue weighted by Crippen LogP contribution is -2.25. The zero-order chi connectivity index (χ0) is 14.3. The van der Waals surface area contributed by atoms with E-state index < -0.39 is 5.60 Å². The Kier molecular flexibility index (Phi) is 3.53. The molecule has 1 N–H and O–H groups in total. The molecule has 0 aromatic heterocycles. The van der Waals surface area contributed by atoms with Crippen LogP contribution >= 0.6 is 23.2 Å². The number of hydrogen-bond acceptors (Lipinski definition) is 1. The van der Waals surface area contributed by atoms with Gasteiger partial charge in [0.25, 0.3) is 0 Å². The first kappa shape index (κ1) is 13.9. The van der Waals surface area contributed by atoms with E-state index in [2.05, 4.69) is 18.2 Å². The second-order valence-electron chi connectivity index (χ2n) is 5.57. The van der Waals surface area contributed by atoms with Crippen molar-refractivity contribution in [3.8, 4) is 0 Å². The van der Waals surface area contributed by atoms with Crippen LogP contribution in [0.1, 0.15) is 28.7 Å². The summed E-state index contributed by atoms with van der Waals surface area (Å²) in [6, 6.07) is 11.7. The van der Waals surface area contributed by atoms with Gasteiger partial charge in [-0.2, -0.15) is 0 Å². The third-order valence-corrected chi connectivity index (χ3v) is 4.81. The second-order valence-corrected chi connectivity index (χ2v) is 6.38. The first-order valence-corrected chi connectivity index (χ1v) is 7.50. The van der Waals surface area contributed by atoms with Gasteiger partial charge in [0, 0.05) is 16.5 Å². The van der Waals surface area contributed by atoms with E-state index in [-0.39, 0.29) is 0 Å². The molecule has 2 aromatic rings. The highest BCUT2D eigenvalue weighted by atomic mass is 35.5. The molecule has 0 saturated carbocycles. The van der Waals surface area contributed by atoms with Gasteiger partial charge in [0.2, 0.25) is 0 Å². The fourth-order valence-corrected chi connectivity index (χ4v) is 3.53. The Morgan fingerprint density at radius 2 is 1.85 bits per heavy atom. The number of halogens is 2. The molecular formula is C17H16Cl2O. The highest BCUT2D eigenvalue weighted by Crippen LogP contribution is 2.42. The molecule has 20 heavy (non-hydrogen) atoms. The van der Waals surface area contributed by atoms with E-state index in [1.165, 1.54) is 5.56 Å². The number of hydrogen-bond donors (Lipinski definition) is 1. The summed E-state index contributed by atoms with van der Waals surface area (Å²) >= 11 is 12.5. The lowest BCUT2D eigenvalue weighted by molar-refractivity contribution is 0.0389. The average Bonchev–Trinajstić information content (AvgIpc) is 2.72. The molecule has 0 saturated heterocycles. The molecule has 3 heteroatoms. The molecule has 0 bridgehead atoms. The van der Waals surface area contributed by atoms with E-state index in [4.69, 9.17) is 23.2 Å². The molecule has 1 aliphatic rings. The summed E-state index contributed by atoms with van der Waals surface area (Å²) in [5, 5.41) is 12.3. The number of aliphatic hydroxyl groups is 1. The first-order chi connectivity index (χ1) is 9.49. The molecular weight excluding hydrogens is 291 g/mol. The van der Waals surface area contributed by atoms with Crippen LogP contribution in [-0.2, 0) is 18.4 Å². The minimum Gasteiger partial charge on any atom is -0.385 e. The van der Waals surface area contributed by atoms with E-state index in [1.54, 1.807) is 0 Å².